The van der Waals surface area contributed by atoms with E-state index in [-0.39, 0.29) is 0 Å². The number of aromatic nitrogens is 4. The van der Waals surface area contributed by atoms with Gasteiger partial charge in [0.05, 0.1) is 6.33 Å². The van der Waals surface area contributed by atoms with Crippen molar-refractivity contribution in [2.24, 2.45) is 0 Å². The number of H-pyrrole nitrogens is 1. The molecule has 7 nitrogen and oxygen atoms in total. The van der Waals surface area contributed by atoms with Crippen LogP contribution in [0, 0.1) is 0 Å². The number of imidazole rings is 1. The predicted molar refractivity (Wildman–Crippen MR) is 63.1 cm³/mol. The lowest BCUT2D eigenvalue weighted by molar-refractivity contribution is -0.755. The van der Waals surface area contributed by atoms with E-state index in [0.717, 1.165) is 10.5 Å². The van der Waals surface area contributed by atoms with Gasteiger partial charge < -0.3 is 10.7 Å². The molecule has 0 bridgehead atoms. The molecule has 0 aliphatic carbocycles. The van der Waals surface area contributed by atoms with Crippen molar-refractivity contribution in [3.05, 3.63) is 12.2 Å². The minimum absolute atomic E-state index is 0.400. The van der Waals surface area contributed by atoms with Crippen LogP contribution in [0.25, 0.3) is 11.2 Å². The number of hydrogen-bond acceptors (Lipinski definition) is 5. The van der Waals surface area contributed by atoms with Gasteiger partial charge in [-0.05, 0) is 4.74 Å². The van der Waals surface area contributed by atoms with E-state index in [1.165, 1.54) is 0 Å². The molecule has 0 saturated heterocycles. The predicted octanol–water partition coefficient (Wildman–Crippen LogP) is 0.360. The molecular formula is C10H15N6O+. The highest BCUT2D eigenvalue weighted by Gasteiger charge is 2.10. The summed E-state index contributed by atoms with van der Waals surface area (Å²) in [5.74, 6) is 1.03. The number of aromatic amines is 1. The fourth-order valence-electron chi connectivity index (χ4n) is 1.47. The lowest BCUT2D eigenvalue weighted by Gasteiger charge is -2.00. The van der Waals surface area contributed by atoms with Crippen molar-refractivity contribution in [1.82, 2.24) is 19.9 Å². The highest BCUT2D eigenvalue weighted by Crippen LogP contribution is 2.13. The van der Waals surface area contributed by atoms with Crippen molar-refractivity contribution in [2.45, 2.75) is 19.8 Å². The zero-order chi connectivity index (χ0) is 12.4. The van der Waals surface area contributed by atoms with Crippen LogP contribution in [-0.4, -0.2) is 42.6 Å². The van der Waals surface area contributed by atoms with E-state index >= 15 is 0 Å². The van der Waals surface area contributed by atoms with E-state index in [1.807, 2.05) is 6.92 Å². The lowest BCUT2D eigenvalue weighted by atomic mass is 10.2. The molecule has 4 N–H and O–H groups in total. The second-order valence-corrected chi connectivity index (χ2v) is 3.89. The first-order valence-corrected chi connectivity index (χ1v) is 5.28. The quantitative estimate of drug-likeness (QED) is 0.308. The van der Waals surface area contributed by atoms with Crippen LogP contribution in [0.4, 0.5) is 5.82 Å². The molecule has 0 spiro atoms. The molecule has 0 unspecified atom stereocenters. The van der Waals surface area contributed by atoms with Gasteiger partial charge >= 0.3 is 0 Å². The van der Waals surface area contributed by atoms with Crippen molar-refractivity contribution in [2.75, 3.05) is 12.8 Å². The van der Waals surface area contributed by atoms with Gasteiger partial charge in [-0.2, -0.15) is 0 Å². The fourth-order valence-corrected chi connectivity index (χ4v) is 1.47. The van der Waals surface area contributed by atoms with E-state index in [9.17, 15) is 5.21 Å². The molecule has 0 aliphatic heterocycles. The first-order valence-electron chi connectivity index (χ1n) is 5.28. The summed E-state index contributed by atoms with van der Waals surface area (Å²) >= 11 is 0. The largest absolute Gasteiger partial charge is 0.382 e. The molecule has 0 amide bonds. The van der Waals surface area contributed by atoms with E-state index in [1.54, 1.807) is 13.4 Å². The van der Waals surface area contributed by atoms with Gasteiger partial charge in [-0.3, -0.25) is 5.21 Å². The van der Waals surface area contributed by atoms with Crippen LogP contribution in [0.5, 0.6) is 0 Å². The number of rotatable bonds is 3. The topological polar surface area (TPSA) is 104 Å². The third-order valence-electron chi connectivity index (χ3n) is 2.62. The summed E-state index contributed by atoms with van der Waals surface area (Å²) in [6.45, 7) is 1.84. The number of anilines is 1. The highest BCUT2D eigenvalue weighted by atomic mass is 16.5. The molecule has 0 radical (unpaired) electrons. The maximum Gasteiger partial charge on any atom is 0.201 e. The fraction of sp³-hybridized carbons (Fsp3) is 0.400. The summed E-state index contributed by atoms with van der Waals surface area (Å²) in [4.78, 5) is 15.4. The van der Waals surface area contributed by atoms with E-state index in [0.29, 0.717) is 35.6 Å². The Balaban J connectivity index is 2.22. The number of nitrogens with zero attached hydrogens (tertiary/aromatic N) is 4. The van der Waals surface area contributed by atoms with Crippen molar-refractivity contribution in [1.29, 1.82) is 0 Å². The number of aryl methyl sites for hydroxylation is 1. The number of nitrogens with two attached hydrogens (primary N) is 1. The second kappa shape index (κ2) is 4.36. The Labute approximate surface area is 98.0 Å². The van der Waals surface area contributed by atoms with Gasteiger partial charge in [0.15, 0.2) is 18.5 Å². The van der Waals surface area contributed by atoms with Crippen molar-refractivity contribution in [3.63, 3.8) is 0 Å². The van der Waals surface area contributed by atoms with Crippen LogP contribution in [0.3, 0.4) is 0 Å². The maximum atomic E-state index is 9.21. The zero-order valence-electron chi connectivity index (χ0n) is 9.80. The van der Waals surface area contributed by atoms with Gasteiger partial charge in [-0.25, -0.2) is 15.0 Å². The van der Waals surface area contributed by atoms with E-state index in [2.05, 4.69) is 19.9 Å². The van der Waals surface area contributed by atoms with Gasteiger partial charge in [-0.1, -0.05) is 0 Å². The van der Waals surface area contributed by atoms with Crippen molar-refractivity contribution in [3.8, 4) is 0 Å². The molecule has 2 heterocycles. The average Bonchev–Trinajstić information content (AvgIpc) is 2.74. The van der Waals surface area contributed by atoms with Crippen LogP contribution in [0.15, 0.2) is 6.33 Å². The Morgan fingerprint density at radius 1 is 1.53 bits per heavy atom. The Morgan fingerprint density at radius 3 is 3.00 bits per heavy atom. The van der Waals surface area contributed by atoms with Gasteiger partial charge in [0, 0.05) is 19.8 Å². The molecule has 2 aromatic rings. The normalized spacial score (nSPS) is 12.8. The number of nitrogens with one attached hydrogen (secondary N) is 1. The van der Waals surface area contributed by atoms with Crippen molar-refractivity contribution < 1.29 is 9.95 Å². The van der Waals surface area contributed by atoms with Gasteiger partial charge in [0.2, 0.25) is 5.71 Å². The van der Waals surface area contributed by atoms with Crippen molar-refractivity contribution >= 4 is 22.7 Å². The summed E-state index contributed by atoms with van der Waals surface area (Å²) in [6, 6.07) is 0. The first kappa shape index (κ1) is 11.3. The molecule has 0 atom stereocenters. The smallest absolute Gasteiger partial charge is 0.201 e. The number of fused-ring (bicyclic) bond motifs is 1. The molecule has 2 rings (SSSR count). The third kappa shape index (κ3) is 2.32. The van der Waals surface area contributed by atoms with Crippen LogP contribution < -0.4 is 5.73 Å². The molecule has 90 valence electrons. The van der Waals surface area contributed by atoms with Crippen LogP contribution in [0.2, 0.25) is 0 Å². The van der Waals surface area contributed by atoms with Gasteiger partial charge in [0.25, 0.3) is 0 Å². The van der Waals surface area contributed by atoms with Crippen LogP contribution in [-0.2, 0) is 6.42 Å². The molecule has 7 heteroatoms. The molecule has 2 aromatic heterocycles. The minimum atomic E-state index is 0.400. The minimum Gasteiger partial charge on any atom is -0.382 e. The Morgan fingerprint density at radius 2 is 2.29 bits per heavy atom. The van der Waals surface area contributed by atoms with E-state index in [4.69, 9.17) is 5.73 Å². The lowest BCUT2D eigenvalue weighted by Crippen LogP contribution is -2.12. The monoisotopic (exact) mass is 235 g/mol. The summed E-state index contributed by atoms with van der Waals surface area (Å²) in [7, 11) is 1.58. The molecule has 0 aliphatic rings. The average molecular weight is 235 g/mol. The molecule has 0 aromatic carbocycles. The maximum absolute atomic E-state index is 9.21. The third-order valence-corrected chi connectivity index (χ3v) is 2.62. The van der Waals surface area contributed by atoms with Gasteiger partial charge in [0.1, 0.15) is 11.3 Å². The Bertz CT molecular complexity index is 569. The zero-order valence-corrected chi connectivity index (χ0v) is 9.80. The number of hydrogen-bond donors (Lipinski definition) is 3. The number of nitrogen functional groups attached to an aromatic ring is 1. The Kier molecular flexibility index (Phi) is 2.90. The van der Waals surface area contributed by atoms with Crippen LogP contribution in [0.1, 0.15) is 19.2 Å². The highest BCUT2D eigenvalue weighted by molar-refractivity contribution is 5.81. The summed E-state index contributed by atoms with van der Waals surface area (Å²) < 4.78 is 1.09. The summed E-state index contributed by atoms with van der Waals surface area (Å²) in [5, 5.41) is 9.21. The van der Waals surface area contributed by atoms with Gasteiger partial charge in [-0.15, -0.1) is 0 Å². The molecule has 0 fully saturated rings. The summed E-state index contributed by atoms with van der Waals surface area (Å²) in [5.41, 5.74) is 7.85. The summed E-state index contributed by atoms with van der Waals surface area (Å²) in [6.07, 6.45) is 2.82. The first-order chi connectivity index (χ1) is 8.08. The second-order valence-electron chi connectivity index (χ2n) is 3.89. The SMILES string of the molecule is CC(CCc1nc(N)c2[nH]cnc2n1)=[N+](C)O. The molecule has 0 saturated carbocycles. The van der Waals surface area contributed by atoms with E-state index < -0.39 is 0 Å². The van der Waals surface area contributed by atoms with Crippen LogP contribution >= 0.6 is 0 Å². The molecular weight excluding hydrogens is 220 g/mol. The number of hydroxylamine groups is 1. The molecule has 17 heavy (non-hydrogen) atoms. The Hall–Kier alpha value is -2.18. The standard InChI is InChI=1S/C10H15N6O/c1-6(16(2)17)3-4-7-14-9(11)8-10(15-7)13-5-12-8/h5,17H,3-4H2,1-2H3,(H3,11,12,13,14,15)/q+1.